The predicted molar refractivity (Wildman–Crippen MR) is 94.7 cm³/mol. The number of esters is 1. The lowest BCUT2D eigenvalue weighted by Crippen LogP contribution is -2.22. The van der Waals surface area contributed by atoms with Gasteiger partial charge in [0.2, 0.25) is 0 Å². The van der Waals surface area contributed by atoms with E-state index in [9.17, 15) is 9.59 Å². The van der Waals surface area contributed by atoms with Crippen LogP contribution in [0.3, 0.4) is 0 Å². The van der Waals surface area contributed by atoms with Crippen LogP contribution in [0, 0.1) is 25.2 Å². The summed E-state index contributed by atoms with van der Waals surface area (Å²) in [7, 11) is 0. The highest BCUT2D eigenvalue weighted by Crippen LogP contribution is 2.15. The molecule has 0 saturated carbocycles. The first-order chi connectivity index (χ1) is 13.0. The summed E-state index contributed by atoms with van der Waals surface area (Å²) >= 11 is 0. The van der Waals surface area contributed by atoms with Crippen LogP contribution in [0.4, 0.5) is 5.69 Å². The molecule has 0 aliphatic heterocycles. The summed E-state index contributed by atoms with van der Waals surface area (Å²) in [5.74, 6) is -0.631. The van der Waals surface area contributed by atoms with E-state index in [1.165, 1.54) is 6.33 Å². The van der Waals surface area contributed by atoms with Gasteiger partial charge in [0.05, 0.1) is 17.7 Å². The number of anilines is 1. The molecule has 0 saturated heterocycles. The molecule has 0 unspecified atom stereocenters. The van der Waals surface area contributed by atoms with Gasteiger partial charge in [0.15, 0.2) is 6.61 Å². The van der Waals surface area contributed by atoms with Crippen molar-refractivity contribution in [2.45, 2.75) is 20.3 Å². The molecule has 0 atom stereocenters. The molecular weight excluding hydrogens is 348 g/mol. The smallest absolute Gasteiger partial charge is 0.310 e. The molecule has 136 valence electrons. The lowest BCUT2D eigenvalue weighted by molar-refractivity contribution is -0.146. The molecule has 1 N–H and O–H groups in total. The van der Waals surface area contributed by atoms with Crippen LogP contribution in [0.2, 0.25) is 0 Å². The van der Waals surface area contributed by atoms with Gasteiger partial charge in [0, 0.05) is 17.0 Å². The van der Waals surface area contributed by atoms with E-state index in [-0.39, 0.29) is 6.42 Å². The number of aromatic nitrogens is 4. The lowest BCUT2D eigenvalue weighted by Gasteiger charge is -2.11. The maximum atomic E-state index is 12.1. The van der Waals surface area contributed by atoms with E-state index in [0.29, 0.717) is 28.3 Å². The highest BCUT2D eigenvalue weighted by molar-refractivity contribution is 5.94. The van der Waals surface area contributed by atoms with Crippen molar-refractivity contribution in [3.05, 3.63) is 53.1 Å². The summed E-state index contributed by atoms with van der Waals surface area (Å²) < 4.78 is 6.59. The van der Waals surface area contributed by atoms with Crippen LogP contribution in [-0.2, 0) is 20.7 Å². The SMILES string of the molecule is Cc1nc2ncnn2c(C)c1CC(=O)OCC(=O)Nc1ccccc1C#N. The number of carbonyl (C=O) groups is 2. The fraction of sp³-hybridized carbons (Fsp3) is 0.222. The van der Waals surface area contributed by atoms with Gasteiger partial charge in [-0.05, 0) is 26.0 Å². The number of ether oxygens (including phenoxy) is 1. The summed E-state index contributed by atoms with van der Waals surface area (Å²) in [5.41, 5.74) is 2.76. The molecule has 27 heavy (non-hydrogen) atoms. The number of nitrogens with one attached hydrogen (secondary N) is 1. The topological polar surface area (TPSA) is 122 Å². The minimum Gasteiger partial charge on any atom is -0.455 e. The molecule has 3 aromatic rings. The van der Waals surface area contributed by atoms with E-state index in [0.717, 1.165) is 5.69 Å². The molecule has 0 fully saturated rings. The van der Waals surface area contributed by atoms with Crippen molar-refractivity contribution in [1.29, 1.82) is 5.26 Å². The van der Waals surface area contributed by atoms with E-state index in [1.807, 2.05) is 13.0 Å². The van der Waals surface area contributed by atoms with Crippen molar-refractivity contribution in [3.63, 3.8) is 0 Å². The molecule has 1 amide bonds. The van der Waals surface area contributed by atoms with E-state index in [2.05, 4.69) is 20.4 Å². The summed E-state index contributed by atoms with van der Waals surface area (Å²) in [6, 6.07) is 8.55. The Bertz CT molecular complexity index is 1070. The summed E-state index contributed by atoms with van der Waals surface area (Å²) in [5, 5.41) is 15.6. The second kappa shape index (κ2) is 7.61. The number of aryl methyl sites for hydroxylation is 2. The zero-order valence-corrected chi connectivity index (χ0v) is 14.8. The van der Waals surface area contributed by atoms with Gasteiger partial charge in [-0.2, -0.15) is 15.3 Å². The second-order valence-electron chi connectivity index (χ2n) is 5.78. The van der Waals surface area contributed by atoms with Crippen molar-refractivity contribution in [3.8, 4) is 6.07 Å². The number of fused-ring (bicyclic) bond motifs is 1. The fourth-order valence-electron chi connectivity index (χ4n) is 2.63. The highest BCUT2D eigenvalue weighted by Gasteiger charge is 2.16. The molecule has 3 rings (SSSR count). The zero-order valence-electron chi connectivity index (χ0n) is 14.8. The van der Waals surface area contributed by atoms with Crippen LogP contribution < -0.4 is 5.32 Å². The van der Waals surface area contributed by atoms with Crippen LogP contribution >= 0.6 is 0 Å². The number of para-hydroxylation sites is 1. The minimum atomic E-state index is -0.564. The van der Waals surface area contributed by atoms with Gasteiger partial charge in [0.1, 0.15) is 12.4 Å². The fourth-order valence-corrected chi connectivity index (χ4v) is 2.63. The number of hydrogen-bond donors (Lipinski definition) is 1. The third-order valence-corrected chi connectivity index (χ3v) is 4.00. The Balaban J connectivity index is 1.62. The summed E-state index contributed by atoms with van der Waals surface area (Å²) in [6.45, 7) is 3.13. The molecular formula is C18H16N6O3. The van der Waals surface area contributed by atoms with Gasteiger partial charge >= 0.3 is 5.97 Å². The predicted octanol–water partition coefficient (Wildman–Crippen LogP) is 1.34. The Labute approximate surface area is 154 Å². The molecule has 0 radical (unpaired) electrons. The average Bonchev–Trinajstić information content (AvgIpc) is 3.12. The van der Waals surface area contributed by atoms with E-state index in [1.54, 1.807) is 35.7 Å². The number of benzene rings is 1. The highest BCUT2D eigenvalue weighted by atomic mass is 16.5. The molecule has 2 aromatic heterocycles. The third kappa shape index (κ3) is 3.90. The molecule has 1 aromatic carbocycles. The Morgan fingerprint density at radius 2 is 2.07 bits per heavy atom. The van der Waals surface area contributed by atoms with Crippen LogP contribution in [0.1, 0.15) is 22.5 Å². The Kier molecular flexibility index (Phi) is 5.08. The minimum absolute atomic E-state index is 0.0392. The summed E-state index contributed by atoms with van der Waals surface area (Å²) in [6.07, 6.45) is 1.35. The van der Waals surface area contributed by atoms with Gasteiger partial charge < -0.3 is 10.1 Å². The van der Waals surface area contributed by atoms with Crippen LogP contribution in [0.15, 0.2) is 30.6 Å². The van der Waals surface area contributed by atoms with Crippen molar-refractivity contribution in [2.24, 2.45) is 0 Å². The molecule has 0 bridgehead atoms. The molecule has 0 spiro atoms. The lowest BCUT2D eigenvalue weighted by atomic mass is 10.1. The molecule has 2 heterocycles. The van der Waals surface area contributed by atoms with E-state index in [4.69, 9.17) is 10.00 Å². The van der Waals surface area contributed by atoms with Gasteiger partial charge in [0.25, 0.3) is 11.7 Å². The molecule has 9 nitrogen and oxygen atoms in total. The first-order valence-corrected chi connectivity index (χ1v) is 8.10. The number of nitrogens with zero attached hydrogens (tertiary/aromatic N) is 5. The maximum absolute atomic E-state index is 12.1. The van der Waals surface area contributed by atoms with Crippen LogP contribution in [-0.4, -0.2) is 38.1 Å². The number of nitriles is 1. The monoisotopic (exact) mass is 364 g/mol. The van der Waals surface area contributed by atoms with Gasteiger partial charge in [-0.15, -0.1) is 0 Å². The molecule has 0 aliphatic rings. The quantitative estimate of drug-likeness (QED) is 0.678. The van der Waals surface area contributed by atoms with E-state index < -0.39 is 18.5 Å². The first-order valence-electron chi connectivity index (χ1n) is 8.10. The Morgan fingerprint density at radius 1 is 1.30 bits per heavy atom. The average molecular weight is 364 g/mol. The van der Waals surface area contributed by atoms with Gasteiger partial charge in [-0.25, -0.2) is 9.50 Å². The maximum Gasteiger partial charge on any atom is 0.310 e. The van der Waals surface area contributed by atoms with Crippen molar-refractivity contribution in [1.82, 2.24) is 19.6 Å². The van der Waals surface area contributed by atoms with Crippen molar-refractivity contribution in [2.75, 3.05) is 11.9 Å². The van der Waals surface area contributed by atoms with E-state index >= 15 is 0 Å². The van der Waals surface area contributed by atoms with Crippen LogP contribution in [0.5, 0.6) is 0 Å². The standard InChI is InChI=1S/C18H16N6O3/c1-11-14(12(2)24-18(22-11)20-10-21-24)7-17(26)27-9-16(25)23-15-6-4-3-5-13(15)8-19/h3-6,10H,7,9H2,1-2H3,(H,23,25). The summed E-state index contributed by atoms with van der Waals surface area (Å²) in [4.78, 5) is 32.4. The third-order valence-electron chi connectivity index (χ3n) is 4.00. The van der Waals surface area contributed by atoms with Gasteiger partial charge in [-0.1, -0.05) is 12.1 Å². The second-order valence-corrected chi connectivity index (χ2v) is 5.78. The van der Waals surface area contributed by atoms with Crippen LogP contribution in [0.25, 0.3) is 5.78 Å². The molecule has 9 heteroatoms. The number of amides is 1. The Hall–Kier alpha value is -3.80. The van der Waals surface area contributed by atoms with Crippen molar-refractivity contribution < 1.29 is 14.3 Å². The number of carbonyl (C=O) groups excluding carboxylic acids is 2. The normalized spacial score (nSPS) is 10.4. The van der Waals surface area contributed by atoms with Crippen molar-refractivity contribution >= 4 is 23.3 Å². The van der Waals surface area contributed by atoms with Gasteiger partial charge in [-0.3, -0.25) is 9.59 Å². The first kappa shape index (κ1) is 18.0. The Morgan fingerprint density at radius 3 is 2.85 bits per heavy atom. The zero-order chi connectivity index (χ0) is 19.4. The number of hydrogen-bond acceptors (Lipinski definition) is 7. The molecule has 0 aliphatic carbocycles. The largest absolute Gasteiger partial charge is 0.455 e. The number of rotatable bonds is 5.